The predicted molar refractivity (Wildman–Crippen MR) is 119 cm³/mol. The van der Waals surface area contributed by atoms with Gasteiger partial charge in [0.05, 0.1) is 30.6 Å². The van der Waals surface area contributed by atoms with Crippen LogP contribution < -0.4 is 10.1 Å². The number of rotatable bonds is 6. The predicted octanol–water partition coefficient (Wildman–Crippen LogP) is 5.35. The van der Waals surface area contributed by atoms with E-state index in [2.05, 4.69) is 15.3 Å². The number of benzene rings is 3. The molecule has 33 heavy (non-hydrogen) atoms. The summed E-state index contributed by atoms with van der Waals surface area (Å²) in [5.74, 6) is -0.680. The van der Waals surface area contributed by atoms with Crippen LogP contribution in [0.15, 0.2) is 66.7 Å². The van der Waals surface area contributed by atoms with E-state index in [1.54, 1.807) is 19.2 Å². The zero-order valence-electron chi connectivity index (χ0n) is 18.0. The zero-order valence-corrected chi connectivity index (χ0v) is 18.0. The molecule has 0 radical (unpaired) electrons. The Morgan fingerprint density at radius 2 is 1.82 bits per heavy atom. The van der Waals surface area contributed by atoms with E-state index >= 15 is 0 Å². The average Bonchev–Trinajstić information content (AvgIpc) is 3.22. The van der Waals surface area contributed by atoms with Gasteiger partial charge in [-0.3, -0.25) is 4.79 Å². The fourth-order valence-electron chi connectivity index (χ4n) is 3.78. The van der Waals surface area contributed by atoms with Crippen LogP contribution in [0, 0.1) is 6.92 Å². The molecule has 0 saturated heterocycles. The van der Waals surface area contributed by atoms with Gasteiger partial charge in [-0.15, -0.1) is 0 Å². The first kappa shape index (κ1) is 22.4. The van der Waals surface area contributed by atoms with Gasteiger partial charge in [0.15, 0.2) is 0 Å². The van der Waals surface area contributed by atoms with E-state index in [0.717, 1.165) is 16.7 Å². The molecule has 1 unspecified atom stereocenters. The molecular formula is C25H22F3N3O2. The highest BCUT2D eigenvalue weighted by Crippen LogP contribution is 2.31. The number of alkyl halides is 3. The van der Waals surface area contributed by atoms with Crippen LogP contribution in [0.4, 0.5) is 13.2 Å². The van der Waals surface area contributed by atoms with Crippen LogP contribution in [0.25, 0.3) is 11.0 Å². The number of carbonyl (C=O) groups excluding carboxylic acids is 1. The summed E-state index contributed by atoms with van der Waals surface area (Å²) >= 11 is 0. The fraction of sp³-hybridized carbons (Fsp3) is 0.200. The molecule has 0 aliphatic carbocycles. The van der Waals surface area contributed by atoms with Gasteiger partial charge in [-0.1, -0.05) is 54.1 Å². The van der Waals surface area contributed by atoms with Crippen LogP contribution in [-0.4, -0.2) is 23.0 Å². The number of hydrogen-bond acceptors (Lipinski definition) is 3. The number of halogens is 3. The number of methoxy groups -OCH3 is 1. The first-order valence-electron chi connectivity index (χ1n) is 10.3. The van der Waals surface area contributed by atoms with E-state index in [9.17, 15) is 18.0 Å². The number of aromatic nitrogens is 2. The highest BCUT2D eigenvalue weighted by atomic mass is 19.4. The minimum absolute atomic E-state index is 0.0959. The maximum absolute atomic E-state index is 13.1. The molecule has 1 heterocycles. The van der Waals surface area contributed by atoms with Crippen molar-refractivity contribution >= 4 is 16.9 Å². The Balaban J connectivity index is 1.66. The first-order valence-corrected chi connectivity index (χ1v) is 10.3. The second kappa shape index (κ2) is 8.97. The molecule has 3 aromatic carbocycles. The van der Waals surface area contributed by atoms with E-state index in [0.29, 0.717) is 11.3 Å². The number of nitrogens with zero attached hydrogens (tertiary/aromatic N) is 1. The van der Waals surface area contributed by atoms with Crippen molar-refractivity contribution in [3.63, 3.8) is 0 Å². The SMILES string of the molecule is COc1ccc(C)cc1CC(=O)NC(c1ccccc1)c1ccc2nc(C(F)(F)F)[nH]c2c1. The number of ether oxygens (including phenoxy) is 1. The molecule has 0 aliphatic rings. The van der Waals surface area contributed by atoms with E-state index in [-0.39, 0.29) is 23.4 Å². The van der Waals surface area contributed by atoms with Gasteiger partial charge in [-0.25, -0.2) is 4.98 Å². The van der Waals surface area contributed by atoms with Crippen molar-refractivity contribution in [3.8, 4) is 5.75 Å². The van der Waals surface area contributed by atoms with E-state index < -0.39 is 18.0 Å². The maximum atomic E-state index is 13.1. The molecular weight excluding hydrogens is 431 g/mol. The Labute approximate surface area is 188 Å². The van der Waals surface area contributed by atoms with Gasteiger partial charge in [-0.2, -0.15) is 13.2 Å². The molecule has 1 atom stereocenters. The molecule has 0 saturated carbocycles. The maximum Gasteiger partial charge on any atom is 0.449 e. The van der Waals surface area contributed by atoms with Gasteiger partial charge in [-0.05, 0) is 36.2 Å². The number of nitrogens with one attached hydrogen (secondary N) is 2. The molecule has 170 valence electrons. The second-order valence-corrected chi connectivity index (χ2v) is 7.76. The van der Waals surface area contributed by atoms with Gasteiger partial charge in [0.2, 0.25) is 11.7 Å². The number of hydrogen-bond donors (Lipinski definition) is 2. The summed E-state index contributed by atoms with van der Waals surface area (Å²) < 4.78 is 44.5. The lowest BCUT2D eigenvalue weighted by Gasteiger charge is -2.20. The summed E-state index contributed by atoms with van der Waals surface area (Å²) in [7, 11) is 1.55. The second-order valence-electron chi connectivity index (χ2n) is 7.76. The van der Waals surface area contributed by atoms with E-state index in [1.807, 2.05) is 55.5 Å². The Bertz CT molecular complexity index is 1280. The standard InChI is InChI=1S/C25H22F3N3O2/c1-15-8-11-21(33-2)18(12-15)14-22(32)31-23(16-6-4-3-5-7-16)17-9-10-19-20(13-17)30-24(29-19)25(26,27)28/h3-13,23H,14H2,1-2H3,(H,29,30)(H,31,32). The van der Waals surface area contributed by atoms with Gasteiger partial charge >= 0.3 is 6.18 Å². The Morgan fingerprint density at radius 3 is 2.52 bits per heavy atom. The third-order valence-electron chi connectivity index (χ3n) is 5.33. The third-order valence-corrected chi connectivity index (χ3v) is 5.33. The largest absolute Gasteiger partial charge is 0.496 e. The van der Waals surface area contributed by atoms with Crippen molar-refractivity contribution in [2.75, 3.05) is 7.11 Å². The number of carbonyl (C=O) groups is 1. The number of amides is 1. The Hall–Kier alpha value is -3.81. The van der Waals surface area contributed by atoms with Crippen molar-refractivity contribution < 1.29 is 22.7 Å². The van der Waals surface area contributed by atoms with Gasteiger partial charge in [0, 0.05) is 5.56 Å². The number of aromatic amines is 1. The summed E-state index contributed by atoms with van der Waals surface area (Å²) in [5, 5.41) is 3.02. The van der Waals surface area contributed by atoms with Crippen LogP contribution in [-0.2, 0) is 17.4 Å². The molecule has 1 amide bonds. The summed E-state index contributed by atoms with van der Waals surface area (Å²) in [4.78, 5) is 19.0. The smallest absolute Gasteiger partial charge is 0.449 e. The molecule has 0 aliphatic heterocycles. The number of imidazole rings is 1. The summed E-state index contributed by atoms with van der Waals surface area (Å²) in [6, 6.07) is 19.1. The lowest BCUT2D eigenvalue weighted by atomic mass is 9.97. The Kier molecular flexibility index (Phi) is 6.09. The highest BCUT2D eigenvalue weighted by molar-refractivity contribution is 5.81. The molecule has 0 bridgehead atoms. The molecule has 4 rings (SSSR count). The molecule has 0 spiro atoms. The zero-order chi connectivity index (χ0) is 23.6. The Morgan fingerprint density at radius 1 is 1.06 bits per heavy atom. The molecule has 0 fully saturated rings. The molecule has 8 heteroatoms. The average molecular weight is 453 g/mol. The quantitative estimate of drug-likeness (QED) is 0.414. The van der Waals surface area contributed by atoms with E-state index in [1.165, 1.54) is 6.07 Å². The highest BCUT2D eigenvalue weighted by Gasteiger charge is 2.34. The molecule has 1 aromatic heterocycles. The number of aryl methyl sites for hydroxylation is 1. The van der Waals surface area contributed by atoms with Gasteiger partial charge in [0.1, 0.15) is 5.75 Å². The van der Waals surface area contributed by atoms with Crippen molar-refractivity contribution in [3.05, 3.63) is 94.8 Å². The molecule has 2 N–H and O–H groups in total. The summed E-state index contributed by atoms with van der Waals surface area (Å²) in [5.41, 5.74) is 3.64. The number of fused-ring (bicyclic) bond motifs is 1. The monoisotopic (exact) mass is 453 g/mol. The topological polar surface area (TPSA) is 67.0 Å². The lowest BCUT2D eigenvalue weighted by molar-refractivity contribution is -0.144. The lowest BCUT2D eigenvalue weighted by Crippen LogP contribution is -2.30. The minimum Gasteiger partial charge on any atom is -0.496 e. The van der Waals surface area contributed by atoms with Crippen LogP contribution in [0.2, 0.25) is 0 Å². The number of H-pyrrole nitrogens is 1. The van der Waals surface area contributed by atoms with Crippen LogP contribution >= 0.6 is 0 Å². The normalized spacial score (nSPS) is 12.5. The first-order chi connectivity index (χ1) is 15.7. The fourth-order valence-corrected chi connectivity index (χ4v) is 3.78. The van der Waals surface area contributed by atoms with Crippen molar-refractivity contribution in [2.45, 2.75) is 25.6 Å². The minimum atomic E-state index is -4.57. The molecule has 5 nitrogen and oxygen atoms in total. The van der Waals surface area contributed by atoms with Crippen molar-refractivity contribution in [2.24, 2.45) is 0 Å². The van der Waals surface area contributed by atoms with Crippen LogP contribution in [0.1, 0.15) is 34.1 Å². The third kappa shape index (κ3) is 5.00. The molecule has 4 aromatic rings. The summed E-state index contributed by atoms with van der Waals surface area (Å²) in [6.07, 6.45) is -4.47. The van der Waals surface area contributed by atoms with Crippen LogP contribution in [0.3, 0.4) is 0 Å². The van der Waals surface area contributed by atoms with Gasteiger partial charge in [0.25, 0.3) is 0 Å². The van der Waals surface area contributed by atoms with Crippen LogP contribution in [0.5, 0.6) is 5.75 Å². The van der Waals surface area contributed by atoms with Crippen molar-refractivity contribution in [1.29, 1.82) is 0 Å². The van der Waals surface area contributed by atoms with E-state index in [4.69, 9.17) is 4.74 Å². The summed E-state index contributed by atoms with van der Waals surface area (Å²) in [6.45, 7) is 1.93. The van der Waals surface area contributed by atoms with Gasteiger partial charge < -0.3 is 15.0 Å². The van der Waals surface area contributed by atoms with Crippen molar-refractivity contribution in [1.82, 2.24) is 15.3 Å².